The lowest BCUT2D eigenvalue weighted by molar-refractivity contribution is -0.116. The summed E-state index contributed by atoms with van der Waals surface area (Å²) in [5.74, 6) is 3.09. The molecule has 0 radical (unpaired) electrons. The van der Waals surface area contributed by atoms with Crippen LogP contribution in [0.1, 0.15) is 56.5 Å². The minimum Gasteiger partial charge on any atom is -0.497 e. The van der Waals surface area contributed by atoms with E-state index in [0.717, 1.165) is 29.3 Å². The van der Waals surface area contributed by atoms with Crippen LogP contribution in [0.4, 0.5) is 5.82 Å². The second kappa shape index (κ2) is 10.2. The zero-order chi connectivity index (χ0) is 21.5. The molecule has 0 bridgehead atoms. The van der Waals surface area contributed by atoms with Crippen molar-refractivity contribution >= 4 is 11.7 Å². The largest absolute Gasteiger partial charge is 0.497 e. The van der Waals surface area contributed by atoms with Crippen molar-refractivity contribution in [2.45, 2.75) is 57.8 Å². The summed E-state index contributed by atoms with van der Waals surface area (Å²) < 4.78 is 10.5. The van der Waals surface area contributed by atoms with Crippen molar-refractivity contribution in [1.29, 1.82) is 0 Å². The van der Waals surface area contributed by atoms with Gasteiger partial charge in [-0.15, -0.1) is 0 Å². The fraction of sp³-hybridized carbons (Fsp3) is 0.478. The van der Waals surface area contributed by atoms with Crippen LogP contribution in [-0.2, 0) is 17.6 Å². The van der Waals surface area contributed by atoms with Crippen molar-refractivity contribution in [2.75, 3.05) is 12.4 Å². The number of carbonyl (C=O) groups is 1. The predicted octanol–water partition coefficient (Wildman–Crippen LogP) is 4.55. The summed E-state index contributed by atoms with van der Waals surface area (Å²) in [6.07, 6.45) is 9.12. The van der Waals surface area contributed by atoms with Gasteiger partial charge < -0.3 is 14.6 Å². The van der Waals surface area contributed by atoms with E-state index in [4.69, 9.17) is 9.26 Å². The first-order valence-corrected chi connectivity index (χ1v) is 11.0. The second-order valence-corrected chi connectivity index (χ2v) is 8.13. The Kier molecular flexibility index (Phi) is 6.96. The van der Waals surface area contributed by atoms with Gasteiger partial charge in [0.15, 0.2) is 5.82 Å². The molecular formula is C23H29N5O3. The number of H-pyrrole nitrogens is 1. The van der Waals surface area contributed by atoms with Gasteiger partial charge in [0.25, 0.3) is 0 Å². The molecule has 2 aromatic heterocycles. The number of aryl methyl sites for hydroxylation is 1. The van der Waals surface area contributed by atoms with Crippen LogP contribution in [0.25, 0.3) is 11.4 Å². The number of benzene rings is 1. The molecule has 8 nitrogen and oxygen atoms in total. The Morgan fingerprint density at radius 3 is 2.81 bits per heavy atom. The fourth-order valence-electron chi connectivity index (χ4n) is 4.05. The number of amides is 1. The highest BCUT2D eigenvalue weighted by molar-refractivity contribution is 5.89. The molecule has 2 heterocycles. The van der Waals surface area contributed by atoms with E-state index in [1.807, 2.05) is 30.3 Å². The van der Waals surface area contributed by atoms with Gasteiger partial charge in [-0.3, -0.25) is 9.89 Å². The van der Waals surface area contributed by atoms with Crippen molar-refractivity contribution < 1.29 is 14.1 Å². The SMILES string of the molecule is COc1ccc(-c2noc(CCCC(=O)Nc3cc(CC4CCCCC4)[nH]n3)n2)cc1. The average Bonchev–Trinajstić information content (AvgIpc) is 3.44. The molecule has 1 saturated carbocycles. The third-order valence-electron chi connectivity index (χ3n) is 5.74. The molecule has 4 rings (SSSR count). The maximum atomic E-state index is 12.2. The molecule has 1 fully saturated rings. The van der Waals surface area contributed by atoms with E-state index in [1.165, 1.54) is 32.1 Å². The molecule has 31 heavy (non-hydrogen) atoms. The van der Waals surface area contributed by atoms with E-state index < -0.39 is 0 Å². The number of methoxy groups -OCH3 is 1. The highest BCUT2D eigenvalue weighted by Crippen LogP contribution is 2.27. The standard InChI is InChI=1S/C23H29N5O3/c1-30-19-12-10-17(11-13-19)23-25-22(31-28-23)9-5-8-21(29)24-20-15-18(26-27-20)14-16-6-3-2-4-7-16/h10-13,15-16H,2-9,14H2,1H3,(H2,24,26,27,29). The summed E-state index contributed by atoms with van der Waals surface area (Å²) in [4.78, 5) is 16.7. The maximum Gasteiger partial charge on any atom is 0.226 e. The van der Waals surface area contributed by atoms with Crippen LogP contribution < -0.4 is 10.1 Å². The fourth-order valence-corrected chi connectivity index (χ4v) is 4.05. The van der Waals surface area contributed by atoms with Crippen molar-refractivity contribution in [1.82, 2.24) is 20.3 Å². The van der Waals surface area contributed by atoms with Gasteiger partial charge >= 0.3 is 0 Å². The van der Waals surface area contributed by atoms with Gasteiger partial charge in [-0.25, -0.2) is 0 Å². The van der Waals surface area contributed by atoms with Crippen LogP contribution in [0.3, 0.4) is 0 Å². The molecule has 1 aliphatic rings. The molecule has 0 spiro atoms. The van der Waals surface area contributed by atoms with Crippen LogP contribution in [0.2, 0.25) is 0 Å². The van der Waals surface area contributed by atoms with Crippen molar-refractivity contribution in [3.8, 4) is 17.1 Å². The molecule has 3 aromatic rings. The van der Waals surface area contributed by atoms with Crippen LogP contribution in [0, 0.1) is 5.92 Å². The van der Waals surface area contributed by atoms with E-state index >= 15 is 0 Å². The maximum absolute atomic E-state index is 12.2. The number of aromatic nitrogens is 4. The lowest BCUT2D eigenvalue weighted by Gasteiger charge is -2.20. The molecule has 0 aliphatic heterocycles. The summed E-state index contributed by atoms with van der Waals surface area (Å²) in [6.45, 7) is 0. The predicted molar refractivity (Wildman–Crippen MR) is 117 cm³/mol. The highest BCUT2D eigenvalue weighted by Gasteiger charge is 2.16. The minimum absolute atomic E-state index is 0.0643. The van der Waals surface area contributed by atoms with Gasteiger partial charge in [0.05, 0.1) is 7.11 Å². The van der Waals surface area contributed by atoms with Crippen molar-refractivity contribution in [2.24, 2.45) is 5.92 Å². The molecule has 0 unspecified atom stereocenters. The van der Waals surface area contributed by atoms with Crippen LogP contribution in [-0.4, -0.2) is 33.4 Å². The van der Waals surface area contributed by atoms with Crippen LogP contribution in [0.15, 0.2) is 34.9 Å². The number of ether oxygens (including phenoxy) is 1. The molecule has 8 heteroatoms. The average molecular weight is 424 g/mol. The number of nitrogens with one attached hydrogen (secondary N) is 2. The first-order valence-electron chi connectivity index (χ1n) is 11.0. The number of carbonyl (C=O) groups excluding carboxylic acids is 1. The smallest absolute Gasteiger partial charge is 0.226 e. The van der Waals surface area contributed by atoms with Crippen molar-refractivity contribution in [3.05, 3.63) is 41.9 Å². The lowest BCUT2D eigenvalue weighted by Crippen LogP contribution is -2.11. The summed E-state index contributed by atoms with van der Waals surface area (Å²) in [5, 5.41) is 14.2. The van der Waals surface area contributed by atoms with E-state index in [1.54, 1.807) is 7.11 Å². The Morgan fingerprint density at radius 2 is 2.03 bits per heavy atom. The van der Waals surface area contributed by atoms with Crippen molar-refractivity contribution in [3.63, 3.8) is 0 Å². The van der Waals surface area contributed by atoms with E-state index in [-0.39, 0.29) is 5.91 Å². The van der Waals surface area contributed by atoms with Gasteiger partial charge in [-0.05, 0) is 43.0 Å². The number of anilines is 1. The quantitative estimate of drug-likeness (QED) is 0.523. The number of nitrogens with zero attached hydrogens (tertiary/aromatic N) is 3. The Hall–Kier alpha value is -3.16. The van der Waals surface area contributed by atoms with E-state index in [0.29, 0.717) is 36.8 Å². The third kappa shape index (κ3) is 5.93. The number of hydrogen-bond acceptors (Lipinski definition) is 6. The number of rotatable bonds is 9. The number of aromatic amines is 1. The first-order chi connectivity index (χ1) is 15.2. The Labute approximate surface area is 181 Å². The molecule has 1 aliphatic carbocycles. The van der Waals surface area contributed by atoms with E-state index in [2.05, 4.69) is 25.7 Å². The second-order valence-electron chi connectivity index (χ2n) is 8.13. The number of hydrogen-bond donors (Lipinski definition) is 2. The Morgan fingerprint density at radius 1 is 1.23 bits per heavy atom. The molecule has 164 valence electrons. The van der Waals surface area contributed by atoms with E-state index in [9.17, 15) is 4.79 Å². The summed E-state index contributed by atoms with van der Waals surface area (Å²) in [7, 11) is 1.63. The van der Waals surface area contributed by atoms with Gasteiger partial charge in [0.1, 0.15) is 5.75 Å². The highest BCUT2D eigenvalue weighted by atomic mass is 16.5. The zero-order valence-electron chi connectivity index (χ0n) is 17.9. The lowest BCUT2D eigenvalue weighted by atomic mass is 9.86. The first kappa shape index (κ1) is 21.1. The zero-order valence-corrected chi connectivity index (χ0v) is 17.9. The molecule has 0 atom stereocenters. The topological polar surface area (TPSA) is 106 Å². The van der Waals surface area contributed by atoms with Gasteiger partial charge in [0, 0.05) is 30.2 Å². The molecule has 0 saturated heterocycles. The third-order valence-corrected chi connectivity index (χ3v) is 5.74. The minimum atomic E-state index is -0.0643. The molecule has 1 amide bonds. The van der Waals surface area contributed by atoms with Crippen LogP contribution >= 0.6 is 0 Å². The van der Waals surface area contributed by atoms with Gasteiger partial charge in [-0.1, -0.05) is 37.3 Å². The summed E-state index contributed by atoms with van der Waals surface area (Å²) in [5.41, 5.74) is 1.95. The Bertz CT molecular complexity index is 973. The summed E-state index contributed by atoms with van der Waals surface area (Å²) in [6, 6.07) is 9.42. The monoisotopic (exact) mass is 423 g/mol. The normalized spacial score (nSPS) is 14.5. The van der Waals surface area contributed by atoms with Gasteiger partial charge in [0.2, 0.25) is 17.6 Å². The molecule has 2 N–H and O–H groups in total. The van der Waals surface area contributed by atoms with Gasteiger partial charge in [-0.2, -0.15) is 10.1 Å². The summed E-state index contributed by atoms with van der Waals surface area (Å²) >= 11 is 0. The molecule has 1 aromatic carbocycles. The van der Waals surface area contributed by atoms with Crippen LogP contribution in [0.5, 0.6) is 5.75 Å². The Balaban J connectivity index is 1.20. The molecular weight excluding hydrogens is 394 g/mol.